The molecular weight excluding hydrogens is 152 g/mol. The smallest absolute Gasteiger partial charge is 0.267 e. The first-order chi connectivity index (χ1) is 4.60. The molecule has 0 aromatic rings. The van der Waals surface area contributed by atoms with Crippen molar-refractivity contribution >= 4 is 10.1 Å². The van der Waals surface area contributed by atoms with Crippen LogP contribution in [0.3, 0.4) is 0 Å². The van der Waals surface area contributed by atoms with Gasteiger partial charge in [-0.05, 0) is 18.8 Å². The van der Waals surface area contributed by atoms with Gasteiger partial charge in [-0.25, -0.2) is 0 Å². The fraction of sp³-hybridized carbons (Fsp3) is 1.00. The first-order valence-corrected chi connectivity index (χ1v) is 5.05. The summed E-state index contributed by atoms with van der Waals surface area (Å²) in [6.45, 7) is 2.36. The van der Waals surface area contributed by atoms with Crippen LogP contribution in [-0.2, 0) is 14.3 Å². The third-order valence-corrected chi connectivity index (χ3v) is 2.91. The Morgan fingerprint density at radius 1 is 1.50 bits per heavy atom. The van der Waals surface area contributed by atoms with E-state index in [4.69, 9.17) is 0 Å². The first kappa shape index (κ1) is 8.01. The summed E-state index contributed by atoms with van der Waals surface area (Å²) in [6, 6.07) is 0. The second-order valence-corrected chi connectivity index (χ2v) is 4.55. The highest BCUT2D eigenvalue weighted by atomic mass is 32.2. The third kappa shape index (κ3) is 2.27. The molecule has 0 aromatic heterocycles. The van der Waals surface area contributed by atoms with Crippen molar-refractivity contribution in [2.24, 2.45) is 5.92 Å². The van der Waals surface area contributed by atoms with Crippen molar-refractivity contribution in [1.82, 2.24) is 0 Å². The van der Waals surface area contributed by atoms with Gasteiger partial charge in [0.15, 0.2) is 0 Å². The summed E-state index contributed by atoms with van der Waals surface area (Å²) in [7, 11) is -3.15. The Morgan fingerprint density at radius 3 is 2.90 bits per heavy atom. The van der Waals surface area contributed by atoms with Crippen LogP contribution in [0.2, 0.25) is 0 Å². The van der Waals surface area contributed by atoms with Crippen LogP contribution < -0.4 is 0 Å². The van der Waals surface area contributed by atoms with Crippen molar-refractivity contribution in [3.8, 4) is 0 Å². The predicted molar refractivity (Wildman–Crippen MR) is 38.1 cm³/mol. The second-order valence-electron chi connectivity index (χ2n) is 2.79. The molecule has 0 aliphatic carbocycles. The molecule has 60 valence electrons. The van der Waals surface area contributed by atoms with Gasteiger partial charge in [0.1, 0.15) is 0 Å². The van der Waals surface area contributed by atoms with E-state index in [9.17, 15) is 8.42 Å². The zero-order valence-electron chi connectivity index (χ0n) is 6.04. The fourth-order valence-electron chi connectivity index (χ4n) is 0.971. The van der Waals surface area contributed by atoms with Crippen molar-refractivity contribution in [3.05, 3.63) is 0 Å². The summed E-state index contributed by atoms with van der Waals surface area (Å²) in [5, 5.41) is 0. The Labute approximate surface area is 61.5 Å². The summed E-state index contributed by atoms with van der Waals surface area (Å²) < 4.78 is 26.3. The standard InChI is InChI=1S/C6H12O3S/c1-6-3-2-4-10(7,8)9-5-6/h6H,2-5H2,1H3. The van der Waals surface area contributed by atoms with Crippen molar-refractivity contribution in [2.45, 2.75) is 19.8 Å². The molecule has 3 nitrogen and oxygen atoms in total. The molecule has 0 radical (unpaired) electrons. The van der Waals surface area contributed by atoms with E-state index in [2.05, 4.69) is 4.18 Å². The molecule has 1 aliphatic rings. The average molecular weight is 164 g/mol. The monoisotopic (exact) mass is 164 g/mol. The lowest BCUT2D eigenvalue weighted by Crippen LogP contribution is -2.09. The summed E-state index contributed by atoms with van der Waals surface area (Å²) >= 11 is 0. The molecule has 1 heterocycles. The maximum atomic E-state index is 10.8. The summed E-state index contributed by atoms with van der Waals surface area (Å²) in [4.78, 5) is 0. The van der Waals surface area contributed by atoms with E-state index < -0.39 is 10.1 Å². The third-order valence-electron chi connectivity index (χ3n) is 1.62. The second kappa shape index (κ2) is 2.88. The maximum absolute atomic E-state index is 10.8. The van der Waals surface area contributed by atoms with Crippen LogP contribution in [0, 0.1) is 5.92 Å². The molecule has 4 heteroatoms. The highest BCUT2D eigenvalue weighted by Crippen LogP contribution is 2.14. The normalized spacial score (nSPS) is 33.1. The van der Waals surface area contributed by atoms with E-state index in [1.807, 2.05) is 6.92 Å². The van der Waals surface area contributed by atoms with E-state index in [1.165, 1.54) is 0 Å². The molecule has 1 rings (SSSR count). The van der Waals surface area contributed by atoms with Gasteiger partial charge in [0.25, 0.3) is 10.1 Å². The summed E-state index contributed by atoms with van der Waals surface area (Å²) in [5.41, 5.74) is 0. The molecule has 10 heavy (non-hydrogen) atoms. The minimum atomic E-state index is -3.15. The molecule has 0 N–H and O–H groups in total. The Bertz CT molecular complexity index is 195. The molecular formula is C6H12O3S. The van der Waals surface area contributed by atoms with Gasteiger partial charge >= 0.3 is 0 Å². The lowest BCUT2D eigenvalue weighted by atomic mass is 10.1. The zero-order valence-corrected chi connectivity index (χ0v) is 6.86. The van der Waals surface area contributed by atoms with Gasteiger partial charge in [-0.15, -0.1) is 0 Å². The summed E-state index contributed by atoms with van der Waals surface area (Å²) in [6.07, 6.45) is 1.70. The van der Waals surface area contributed by atoms with E-state index >= 15 is 0 Å². The van der Waals surface area contributed by atoms with Crippen molar-refractivity contribution in [3.63, 3.8) is 0 Å². The lowest BCUT2D eigenvalue weighted by Gasteiger charge is -2.02. The van der Waals surface area contributed by atoms with Crippen LogP contribution in [0.5, 0.6) is 0 Å². The van der Waals surface area contributed by atoms with Crippen LogP contribution in [-0.4, -0.2) is 20.8 Å². The Morgan fingerprint density at radius 2 is 2.20 bits per heavy atom. The number of hydrogen-bond donors (Lipinski definition) is 0. The van der Waals surface area contributed by atoms with Gasteiger partial charge in [0, 0.05) is 0 Å². The van der Waals surface area contributed by atoms with Gasteiger partial charge < -0.3 is 0 Å². The first-order valence-electron chi connectivity index (χ1n) is 3.47. The molecule has 0 saturated carbocycles. The minimum absolute atomic E-state index is 0.192. The minimum Gasteiger partial charge on any atom is -0.270 e. The molecule has 1 unspecified atom stereocenters. The van der Waals surface area contributed by atoms with Crippen LogP contribution in [0.25, 0.3) is 0 Å². The van der Waals surface area contributed by atoms with E-state index in [-0.39, 0.29) is 5.75 Å². The molecule has 1 aliphatic heterocycles. The van der Waals surface area contributed by atoms with Crippen LogP contribution in [0.4, 0.5) is 0 Å². The maximum Gasteiger partial charge on any atom is 0.267 e. The Hall–Kier alpha value is -0.0900. The average Bonchev–Trinajstić information content (AvgIpc) is 1.94. The van der Waals surface area contributed by atoms with Crippen LogP contribution in [0.15, 0.2) is 0 Å². The fourth-order valence-corrected chi connectivity index (χ4v) is 2.05. The lowest BCUT2D eigenvalue weighted by molar-refractivity contribution is 0.271. The van der Waals surface area contributed by atoms with Gasteiger partial charge in [0.2, 0.25) is 0 Å². The SMILES string of the molecule is CC1CCCS(=O)(=O)OC1. The van der Waals surface area contributed by atoms with Crippen LogP contribution in [0.1, 0.15) is 19.8 Å². The van der Waals surface area contributed by atoms with Crippen molar-refractivity contribution in [2.75, 3.05) is 12.4 Å². The molecule has 1 saturated heterocycles. The molecule has 0 amide bonds. The molecule has 0 aromatic carbocycles. The largest absolute Gasteiger partial charge is 0.270 e. The van der Waals surface area contributed by atoms with Gasteiger partial charge in [-0.3, -0.25) is 4.18 Å². The van der Waals surface area contributed by atoms with Gasteiger partial charge in [0.05, 0.1) is 12.4 Å². The number of hydrogen-bond acceptors (Lipinski definition) is 3. The predicted octanol–water partition coefficient (Wildman–Crippen LogP) is 0.763. The molecule has 0 spiro atoms. The van der Waals surface area contributed by atoms with Gasteiger partial charge in [-0.2, -0.15) is 8.42 Å². The molecule has 0 bridgehead atoms. The highest BCUT2D eigenvalue weighted by Gasteiger charge is 2.17. The van der Waals surface area contributed by atoms with Crippen molar-refractivity contribution in [1.29, 1.82) is 0 Å². The van der Waals surface area contributed by atoms with Gasteiger partial charge in [-0.1, -0.05) is 6.92 Å². The Balaban J connectivity index is 2.58. The van der Waals surface area contributed by atoms with Crippen LogP contribution >= 0.6 is 0 Å². The zero-order chi connectivity index (χ0) is 7.61. The highest BCUT2D eigenvalue weighted by molar-refractivity contribution is 7.86. The summed E-state index contributed by atoms with van der Waals surface area (Å²) in [5.74, 6) is 0.578. The van der Waals surface area contributed by atoms with E-state index in [1.54, 1.807) is 0 Å². The quantitative estimate of drug-likeness (QED) is 0.496. The molecule has 1 atom stereocenters. The molecule has 1 fully saturated rings. The topological polar surface area (TPSA) is 43.4 Å². The Kier molecular flexibility index (Phi) is 2.31. The van der Waals surface area contributed by atoms with Crippen molar-refractivity contribution < 1.29 is 12.6 Å². The number of rotatable bonds is 0. The van der Waals surface area contributed by atoms with E-state index in [0.717, 1.165) is 12.8 Å². The van der Waals surface area contributed by atoms with E-state index in [0.29, 0.717) is 12.5 Å².